The number of likely N-dealkylation sites (N-methyl/N-ethyl adjacent to an activating group) is 2. The van der Waals surface area contributed by atoms with Crippen LogP contribution in [0.2, 0.25) is 0 Å². The van der Waals surface area contributed by atoms with Crippen LogP contribution in [0.5, 0.6) is 5.75 Å². The molecule has 0 aromatic heterocycles. The summed E-state index contributed by atoms with van der Waals surface area (Å²) in [7, 11) is 3.34. The molecule has 0 aliphatic carbocycles. The highest BCUT2D eigenvalue weighted by molar-refractivity contribution is 8.01. The molecule has 0 saturated heterocycles. The molecule has 6 heteroatoms. The van der Waals surface area contributed by atoms with E-state index in [2.05, 4.69) is 0 Å². The van der Waals surface area contributed by atoms with Crippen LogP contribution in [0.3, 0.4) is 0 Å². The zero-order valence-electron chi connectivity index (χ0n) is 13.7. The molecular formula is C18H18N2O3S. The predicted molar refractivity (Wildman–Crippen MR) is 93.9 cm³/mol. The summed E-state index contributed by atoms with van der Waals surface area (Å²) in [5.41, 5.74) is 1.47. The molecule has 2 aromatic rings. The first-order chi connectivity index (χ1) is 11.4. The topological polar surface area (TPSA) is 60.9 Å². The molecule has 3 rings (SSSR count). The average molecular weight is 342 g/mol. The fraction of sp³-hybridized carbons (Fsp3) is 0.222. The molecule has 5 nitrogen and oxygen atoms in total. The van der Waals surface area contributed by atoms with E-state index in [-0.39, 0.29) is 17.6 Å². The fourth-order valence-electron chi connectivity index (χ4n) is 2.86. The predicted octanol–water partition coefficient (Wildman–Crippen LogP) is 2.79. The van der Waals surface area contributed by atoms with Crippen molar-refractivity contribution in [2.75, 3.05) is 19.0 Å². The summed E-state index contributed by atoms with van der Waals surface area (Å²) < 4.78 is 0. The molecule has 124 valence electrons. The van der Waals surface area contributed by atoms with Crippen LogP contribution >= 0.6 is 11.8 Å². The Labute approximate surface area is 144 Å². The van der Waals surface area contributed by atoms with E-state index in [1.165, 1.54) is 35.7 Å². The van der Waals surface area contributed by atoms with Gasteiger partial charge in [0.1, 0.15) is 5.75 Å². The highest BCUT2D eigenvalue weighted by Crippen LogP contribution is 2.52. The van der Waals surface area contributed by atoms with Crippen molar-refractivity contribution in [1.82, 2.24) is 4.90 Å². The lowest BCUT2D eigenvalue weighted by Gasteiger charge is -2.45. The van der Waals surface area contributed by atoms with Crippen LogP contribution in [0.4, 0.5) is 5.69 Å². The monoisotopic (exact) mass is 342 g/mol. The number of nitrogens with zero attached hydrogens (tertiary/aromatic N) is 2. The number of carbonyl (C=O) groups excluding carboxylic acids is 2. The van der Waals surface area contributed by atoms with Crippen LogP contribution in [0.25, 0.3) is 0 Å². The van der Waals surface area contributed by atoms with Crippen LogP contribution in [-0.4, -0.2) is 35.9 Å². The summed E-state index contributed by atoms with van der Waals surface area (Å²) in [4.78, 5) is 28.2. The summed E-state index contributed by atoms with van der Waals surface area (Å²) in [6, 6.07) is 14.0. The second-order valence-electron chi connectivity index (χ2n) is 5.70. The Morgan fingerprint density at radius 3 is 2.42 bits per heavy atom. The van der Waals surface area contributed by atoms with Crippen molar-refractivity contribution in [1.29, 1.82) is 0 Å². The van der Waals surface area contributed by atoms with Gasteiger partial charge in [-0.05, 0) is 29.8 Å². The molecule has 24 heavy (non-hydrogen) atoms. The zero-order chi connectivity index (χ0) is 17.5. The van der Waals surface area contributed by atoms with Crippen LogP contribution in [-0.2, 0) is 14.5 Å². The maximum absolute atomic E-state index is 13.3. The van der Waals surface area contributed by atoms with Gasteiger partial charge in [0.15, 0.2) is 4.87 Å². The van der Waals surface area contributed by atoms with Crippen molar-refractivity contribution in [3.8, 4) is 5.75 Å². The first-order valence-corrected chi connectivity index (χ1v) is 8.29. The molecule has 0 saturated carbocycles. The summed E-state index contributed by atoms with van der Waals surface area (Å²) in [5.74, 6) is -0.298. The maximum Gasteiger partial charge on any atom is 0.268 e. The van der Waals surface area contributed by atoms with Gasteiger partial charge in [0.05, 0.1) is 5.69 Å². The Morgan fingerprint density at radius 2 is 1.79 bits per heavy atom. The maximum atomic E-state index is 13.3. The number of para-hydroxylation sites is 1. The molecule has 1 aliphatic heterocycles. The van der Waals surface area contributed by atoms with E-state index >= 15 is 0 Å². The van der Waals surface area contributed by atoms with Gasteiger partial charge in [0, 0.05) is 25.9 Å². The Hall–Kier alpha value is -2.47. The number of aromatic hydroxyl groups is 1. The number of thioether (sulfide) groups is 1. The number of hydrogen-bond donors (Lipinski definition) is 1. The molecule has 0 fully saturated rings. The van der Waals surface area contributed by atoms with Crippen molar-refractivity contribution in [2.45, 2.75) is 16.7 Å². The van der Waals surface area contributed by atoms with Gasteiger partial charge in [-0.25, -0.2) is 0 Å². The molecule has 0 bridgehead atoms. The van der Waals surface area contributed by atoms with Crippen LogP contribution < -0.4 is 4.90 Å². The van der Waals surface area contributed by atoms with E-state index in [0.29, 0.717) is 5.56 Å². The van der Waals surface area contributed by atoms with Gasteiger partial charge >= 0.3 is 0 Å². The third-order valence-corrected chi connectivity index (χ3v) is 5.83. The fourth-order valence-corrected chi connectivity index (χ4v) is 4.38. The van der Waals surface area contributed by atoms with E-state index < -0.39 is 4.87 Å². The van der Waals surface area contributed by atoms with Gasteiger partial charge in [-0.1, -0.05) is 36.0 Å². The van der Waals surface area contributed by atoms with Gasteiger partial charge in [0.2, 0.25) is 5.91 Å². The number of fused-ring (bicyclic) bond motifs is 1. The molecule has 0 spiro atoms. The molecule has 0 radical (unpaired) electrons. The summed E-state index contributed by atoms with van der Waals surface area (Å²) in [6.45, 7) is 1.44. The van der Waals surface area contributed by atoms with Gasteiger partial charge in [-0.3, -0.25) is 9.59 Å². The molecule has 2 aromatic carbocycles. The molecule has 1 unspecified atom stereocenters. The Kier molecular flexibility index (Phi) is 4.01. The third kappa shape index (κ3) is 2.34. The minimum Gasteiger partial charge on any atom is -0.508 e. The standard InChI is InChI=1S/C18H18N2O3S/c1-12(21)20(3)18(13-8-10-14(22)11-9-13)17(23)19(2)15-6-4-5-7-16(15)24-18/h4-11,22H,1-3H3. The Bertz CT molecular complexity index is 806. The number of amides is 2. The zero-order valence-corrected chi connectivity index (χ0v) is 14.5. The van der Waals surface area contributed by atoms with E-state index in [1.54, 1.807) is 31.1 Å². The lowest BCUT2D eigenvalue weighted by atomic mass is 10.0. The second-order valence-corrected chi connectivity index (χ2v) is 6.94. The highest BCUT2D eigenvalue weighted by atomic mass is 32.2. The lowest BCUT2D eigenvalue weighted by molar-refractivity contribution is -0.138. The van der Waals surface area contributed by atoms with Crippen molar-refractivity contribution < 1.29 is 14.7 Å². The molecule has 2 amide bonds. The second kappa shape index (κ2) is 5.87. The number of hydrogen-bond acceptors (Lipinski definition) is 4. The molecular weight excluding hydrogens is 324 g/mol. The van der Waals surface area contributed by atoms with E-state index in [4.69, 9.17) is 0 Å². The SMILES string of the molecule is CC(=O)N(C)C1(c2ccc(O)cc2)Sc2ccccc2N(C)C1=O. The van der Waals surface area contributed by atoms with Gasteiger partial charge in [-0.15, -0.1) is 0 Å². The van der Waals surface area contributed by atoms with Crippen molar-refractivity contribution >= 4 is 29.3 Å². The number of rotatable bonds is 2. The summed E-state index contributed by atoms with van der Waals surface area (Å²) in [6.07, 6.45) is 0. The molecule has 1 N–H and O–H groups in total. The van der Waals surface area contributed by atoms with Crippen molar-refractivity contribution in [3.05, 3.63) is 54.1 Å². The van der Waals surface area contributed by atoms with Crippen molar-refractivity contribution in [3.63, 3.8) is 0 Å². The molecule has 1 atom stereocenters. The Morgan fingerprint density at radius 1 is 1.17 bits per heavy atom. The van der Waals surface area contributed by atoms with E-state index in [1.807, 2.05) is 24.3 Å². The van der Waals surface area contributed by atoms with Crippen LogP contribution in [0.1, 0.15) is 12.5 Å². The third-order valence-electron chi connectivity index (χ3n) is 4.28. The van der Waals surface area contributed by atoms with Gasteiger partial charge < -0.3 is 14.9 Å². The van der Waals surface area contributed by atoms with Crippen LogP contribution in [0.15, 0.2) is 53.4 Å². The quantitative estimate of drug-likeness (QED) is 0.912. The van der Waals surface area contributed by atoms with E-state index in [0.717, 1.165) is 10.6 Å². The minimum absolute atomic E-state index is 0.112. The van der Waals surface area contributed by atoms with Crippen LogP contribution in [0, 0.1) is 0 Å². The lowest BCUT2D eigenvalue weighted by Crippen LogP contribution is -2.56. The number of phenols is 1. The van der Waals surface area contributed by atoms with Gasteiger partial charge in [0.25, 0.3) is 5.91 Å². The normalized spacial score (nSPS) is 19.8. The smallest absolute Gasteiger partial charge is 0.268 e. The van der Waals surface area contributed by atoms with Crippen molar-refractivity contribution in [2.24, 2.45) is 0 Å². The Balaban J connectivity index is 2.25. The molecule has 1 aliphatic rings. The summed E-state index contributed by atoms with van der Waals surface area (Å²) >= 11 is 1.34. The average Bonchev–Trinajstić information content (AvgIpc) is 2.58. The number of anilines is 1. The highest BCUT2D eigenvalue weighted by Gasteiger charge is 2.51. The number of carbonyl (C=O) groups is 2. The minimum atomic E-state index is -1.21. The number of benzene rings is 2. The largest absolute Gasteiger partial charge is 0.508 e. The molecule has 1 heterocycles. The number of phenolic OH excluding ortho intramolecular Hbond substituents is 1. The first-order valence-electron chi connectivity index (χ1n) is 7.48. The first kappa shape index (κ1) is 16.4. The summed E-state index contributed by atoms with van der Waals surface area (Å²) in [5, 5.41) is 9.58. The van der Waals surface area contributed by atoms with E-state index in [9.17, 15) is 14.7 Å². The van der Waals surface area contributed by atoms with Gasteiger partial charge in [-0.2, -0.15) is 0 Å².